The summed E-state index contributed by atoms with van der Waals surface area (Å²) in [7, 11) is -7.28. The van der Waals surface area contributed by atoms with E-state index in [4.69, 9.17) is 4.55 Å². The van der Waals surface area contributed by atoms with Crippen LogP contribution in [-0.2, 0) is 14.9 Å². The van der Waals surface area contributed by atoms with Gasteiger partial charge in [0.15, 0.2) is 0 Å². The molecule has 0 aromatic heterocycles. The molecule has 0 fully saturated rings. The fraction of sp³-hybridized carbons (Fsp3) is 1.00. The van der Waals surface area contributed by atoms with Gasteiger partial charge in [0.25, 0.3) is 11.8 Å². The fourth-order valence-corrected chi connectivity index (χ4v) is 4.31. The van der Waals surface area contributed by atoms with E-state index in [9.17, 15) is 52.3 Å². The first kappa shape index (κ1) is 38.0. The molecule has 0 rings (SSSR count). The van der Waals surface area contributed by atoms with E-state index in [1.165, 1.54) is 0 Å². The van der Waals surface area contributed by atoms with Crippen molar-refractivity contribution in [2.45, 2.75) is 110 Å². The Balaban J connectivity index is 8.06. The van der Waals surface area contributed by atoms with E-state index in [0.717, 1.165) is 0 Å². The standard InChI is InChI=1S/C21H31F13O4S/c1-10-15(8,14(6,7)17(26,27)11(22)23)18(28,29)19(30,13(4,5)12(2,3)16(9,24)25)38-20(31,32)21(33,34)39(35,36)37/h11H,10H2,1-9H3,(H,35,36,37). The molecule has 0 heterocycles. The molecule has 0 aliphatic rings. The highest BCUT2D eigenvalue weighted by Crippen LogP contribution is 2.70. The summed E-state index contributed by atoms with van der Waals surface area (Å²) in [6, 6.07) is 0. The average Bonchev–Trinajstić information content (AvgIpc) is 2.69. The lowest BCUT2D eigenvalue weighted by Crippen LogP contribution is -2.74. The van der Waals surface area contributed by atoms with Crippen LogP contribution in [0.1, 0.15) is 68.7 Å². The minimum absolute atomic E-state index is 0.00673. The maximum atomic E-state index is 16.8. The van der Waals surface area contributed by atoms with Crippen LogP contribution in [0.3, 0.4) is 0 Å². The molecule has 18 heteroatoms. The third-order valence-corrected chi connectivity index (χ3v) is 9.57. The molecule has 0 radical (unpaired) electrons. The highest BCUT2D eigenvalue weighted by Gasteiger charge is 2.84. The van der Waals surface area contributed by atoms with Crippen LogP contribution in [0.25, 0.3) is 0 Å². The molecule has 0 saturated heterocycles. The van der Waals surface area contributed by atoms with Gasteiger partial charge in [-0.1, -0.05) is 55.4 Å². The lowest BCUT2D eigenvalue weighted by Gasteiger charge is -2.60. The van der Waals surface area contributed by atoms with Crippen LogP contribution in [0.4, 0.5) is 57.1 Å². The van der Waals surface area contributed by atoms with Crippen molar-refractivity contribution < 1.29 is 74.8 Å². The predicted molar refractivity (Wildman–Crippen MR) is 113 cm³/mol. The van der Waals surface area contributed by atoms with Gasteiger partial charge in [-0.05, 0) is 13.3 Å². The Morgan fingerprint density at radius 3 is 1.31 bits per heavy atom. The Morgan fingerprint density at radius 1 is 0.692 bits per heavy atom. The molecule has 0 spiro atoms. The zero-order valence-electron chi connectivity index (χ0n) is 22.3. The number of hydrogen-bond acceptors (Lipinski definition) is 3. The first-order valence-electron chi connectivity index (χ1n) is 11.0. The van der Waals surface area contributed by atoms with Crippen LogP contribution in [0.5, 0.6) is 0 Å². The van der Waals surface area contributed by atoms with E-state index in [2.05, 4.69) is 4.74 Å². The number of ether oxygens (including phenoxy) is 1. The molecule has 4 nitrogen and oxygen atoms in total. The van der Waals surface area contributed by atoms with Crippen LogP contribution >= 0.6 is 0 Å². The SMILES string of the molecule is CCC(C)(C(C)(C)C(F)(F)C(F)F)C(F)(F)C(F)(OC(F)(F)C(F)(F)S(=O)(=O)O)C(C)(C)C(C)(C)C(C)(F)F. The minimum Gasteiger partial charge on any atom is -0.281 e. The second kappa shape index (κ2) is 9.76. The zero-order chi connectivity index (χ0) is 32.5. The van der Waals surface area contributed by atoms with Crippen molar-refractivity contribution in [3.05, 3.63) is 0 Å². The number of hydrogen-bond donors (Lipinski definition) is 1. The monoisotopic (exact) mass is 626 g/mol. The number of alkyl halides is 13. The van der Waals surface area contributed by atoms with Gasteiger partial charge in [0.05, 0.1) is 0 Å². The normalized spacial score (nSPS) is 19.2. The molecule has 0 amide bonds. The molecule has 236 valence electrons. The van der Waals surface area contributed by atoms with Crippen molar-refractivity contribution >= 4 is 10.1 Å². The van der Waals surface area contributed by atoms with Gasteiger partial charge in [-0.2, -0.15) is 43.5 Å². The molecule has 1 N–H and O–H groups in total. The molecule has 39 heavy (non-hydrogen) atoms. The molecule has 0 aliphatic heterocycles. The van der Waals surface area contributed by atoms with E-state index in [-0.39, 0.29) is 41.5 Å². The summed E-state index contributed by atoms with van der Waals surface area (Å²) in [5.41, 5.74) is -15.0. The van der Waals surface area contributed by atoms with E-state index < -0.39 is 79.6 Å². The molecule has 2 unspecified atom stereocenters. The Kier molecular flexibility index (Phi) is 9.50. The van der Waals surface area contributed by atoms with Crippen molar-refractivity contribution in [2.24, 2.45) is 21.7 Å². The summed E-state index contributed by atoms with van der Waals surface area (Å²) in [5, 5.41) is -6.90. The number of halogens is 13. The predicted octanol–water partition coefficient (Wildman–Crippen LogP) is 8.43. The summed E-state index contributed by atoms with van der Waals surface area (Å²) >= 11 is 0. The maximum absolute atomic E-state index is 16.8. The Bertz CT molecular complexity index is 1000. The van der Waals surface area contributed by atoms with E-state index >= 15 is 13.2 Å². The molecule has 0 aromatic rings. The lowest BCUT2D eigenvalue weighted by molar-refractivity contribution is -0.475. The van der Waals surface area contributed by atoms with Gasteiger partial charge in [-0.15, -0.1) is 0 Å². The van der Waals surface area contributed by atoms with Gasteiger partial charge >= 0.3 is 39.8 Å². The summed E-state index contributed by atoms with van der Waals surface area (Å²) in [4.78, 5) is 0. The van der Waals surface area contributed by atoms with Crippen LogP contribution in [0, 0.1) is 21.7 Å². The Hall–Kier alpha value is -1.04. The molecular weight excluding hydrogens is 595 g/mol. The summed E-state index contributed by atoms with van der Waals surface area (Å²) in [5.74, 6) is -21.8. The maximum Gasteiger partial charge on any atom is 0.460 e. The van der Waals surface area contributed by atoms with Crippen molar-refractivity contribution in [1.29, 1.82) is 0 Å². The first-order valence-corrected chi connectivity index (χ1v) is 12.4. The van der Waals surface area contributed by atoms with Gasteiger partial charge in [0, 0.05) is 21.7 Å². The fourth-order valence-electron chi connectivity index (χ4n) is 3.97. The second-order valence-corrected chi connectivity index (χ2v) is 12.6. The van der Waals surface area contributed by atoms with E-state index in [1.54, 1.807) is 0 Å². The highest BCUT2D eigenvalue weighted by molar-refractivity contribution is 7.86. The topological polar surface area (TPSA) is 63.6 Å². The summed E-state index contributed by atoms with van der Waals surface area (Å²) in [6.45, 7) is 1.34. The van der Waals surface area contributed by atoms with E-state index in [1.807, 2.05) is 0 Å². The molecule has 0 saturated carbocycles. The quantitative estimate of drug-likeness (QED) is 0.165. The smallest absolute Gasteiger partial charge is 0.281 e. The summed E-state index contributed by atoms with van der Waals surface area (Å²) < 4.78 is 225. The second-order valence-electron chi connectivity index (χ2n) is 11.2. The Morgan fingerprint density at radius 2 is 1.05 bits per heavy atom. The third kappa shape index (κ3) is 5.01. The molecule has 0 bridgehead atoms. The van der Waals surface area contributed by atoms with Crippen LogP contribution in [-0.4, -0.2) is 54.4 Å². The van der Waals surface area contributed by atoms with Gasteiger partial charge in [0.1, 0.15) is 0 Å². The largest absolute Gasteiger partial charge is 0.460 e. The lowest BCUT2D eigenvalue weighted by atomic mass is 9.51. The first-order chi connectivity index (χ1) is 16.5. The van der Waals surface area contributed by atoms with Gasteiger partial charge in [0.2, 0.25) is 0 Å². The molecule has 0 aliphatic carbocycles. The van der Waals surface area contributed by atoms with Crippen molar-refractivity contribution in [3.63, 3.8) is 0 Å². The van der Waals surface area contributed by atoms with Crippen LogP contribution in [0.2, 0.25) is 0 Å². The third-order valence-electron chi connectivity index (χ3n) is 8.69. The van der Waals surface area contributed by atoms with Crippen LogP contribution < -0.4 is 0 Å². The summed E-state index contributed by atoms with van der Waals surface area (Å²) in [6.07, 6.45) is -13.2. The van der Waals surface area contributed by atoms with Gasteiger partial charge < -0.3 is 0 Å². The van der Waals surface area contributed by atoms with Crippen molar-refractivity contribution in [2.75, 3.05) is 0 Å². The number of rotatable bonds is 13. The Labute approximate surface area is 217 Å². The van der Waals surface area contributed by atoms with Crippen molar-refractivity contribution in [1.82, 2.24) is 0 Å². The van der Waals surface area contributed by atoms with Crippen molar-refractivity contribution in [3.8, 4) is 0 Å². The molecular formula is C21H31F13O4S. The van der Waals surface area contributed by atoms with Crippen LogP contribution in [0.15, 0.2) is 0 Å². The minimum atomic E-state index is -7.28. The van der Waals surface area contributed by atoms with Gasteiger partial charge in [-0.3, -0.25) is 9.29 Å². The van der Waals surface area contributed by atoms with Gasteiger partial charge in [-0.25, -0.2) is 22.0 Å². The average molecular weight is 627 g/mol. The highest BCUT2D eigenvalue weighted by atomic mass is 32.2. The molecule has 0 aromatic carbocycles. The van der Waals surface area contributed by atoms with E-state index in [0.29, 0.717) is 20.8 Å². The zero-order valence-corrected chi connectivity index (χ0v) is 23.1. The molecule has 2 atom stereocenters.